The number of carbonyl (C=O) groups is 3. The second-order valence-corrected chi connectivity index (χ2v) is 5.70. The molecule has 0 aromatic rings. The van der Waals surface area contributed by atoms with E-state index in [-0.39, 0.29) is 12.5 Å². The van der Waals surface area contributed by atoms with Crippen LogP contribution in [-0.4, -0.2) is 76.4 Å². The van der Waals surface area contributed by atoms with E-state index in [4.69, 9.17) is 38.3 Å². The number of guanidine groups is 1. The van der Waals surface area contributed by atoms with Crippen molar-refractivity contribution in [3.63, 3.8) is 0 Å². The fraction of sp³-hybridized carbons (Fsp3) is 0.692. The van der Waals surface area contributed by atoms with Crippen molar-refractivity contribution in [3.8, 4) is 0 Å². The van der Waals surface area contributed by atoms with E-state index in [1.54, 1.807) is 11.8 Å². The minimum absolute atomic E-state index is 0.0129. The van der Waals surface area contributed by atoms with Crippen LogP contribution in [0.4, 0.5) is 0 Å². The third-order valence-electron chi connectivity index (χ3n) is 2.41. The van der Waals surface area contributed by atoms with E-state index in [1.165, 1.54) is 0 Å². The topological polar surface area (TPSA) is 254 Å². The first-order chi connectivity index (χ1) is 12.0. The number of nitrogens with two attached hydrogens (primary N) is 5. The summed E-state index contributed by atoms with van der Waals surface area (Å²) in [7, 11) is 0. The molecule has 154 valence electrons. The van der Waals surface area contributed by atoms with Gasteiger partial charge in [-0.2, -0.15) is 11.8 Å². The summed E-state index contributed by atoms with van der Waals surface area (Å²) in [5.41, 5.74) is 25.1. The molecule has 0 fully saturated rings. The van der Waals surface area contributed by atoms with Gasteiger partial charge in [-0.1, -0.05) is 0 Å². The first-order valence-corrected chi connectivity index (χ1v) is 8.81. The first-order valence-electron chi connectivity index (χ1n) is 7.42. The molecule has 0 heterocycles. The molecular weight excluding hydrogens is 368 g/mol. The van der Waals surface area contributed by atoms with Crippen molar-refractivity contribution >= 4 is 35.6 Å². The molecule has 2 atom stereocenters. The number of carboxylic acids is 3. The minimum atomic E-state index is -1.00. The smallest absolute Gasteiger partial charge is 0.320 e. The normalized spacial score (nSPS) is 11.5. The van der Waals surface area contributed by atoms with Crippen molar-refractivity contribution in [1.29, 1.82) is 0 Å². The molecule has 13 heteroatoms. The van der Waals surface area contributed by atoms with Gasteiger partial charge in [0.2, 0.25) is 0 Å². The van der Waals surface area contributed by atoms with Gasteiger partial charge in [-0.25, -0.2) is 0 Å². The molecule has 0 aromatic heterocycles. The zero-order valence-electron chi connectivity index (χ0n) is 14.7. The molecule has 0 saturated heterocycles. The SMILES string of the molecule is CSCC[C@H](N)C(=O)O.NC(N)=NCCC[C@H](N)C(=O)O.NCC(=O)O. The van der Waals surface area contributed by atoms with Gasteiger partial charge in [-0.05, 0) is 31.3 Å². The van der Waals surface area contributed by atoms with Crippen molar-refractivity contribution in [2.45, 2.75) is 31.3 Å². The van der Waals surface area contributed by atoms with Gasteiger partial charge in [0.05, 0.1) is 6.54 Å². The van der Waals surface area contributed by atoms with Crippen LogP contribution in [0.25, 0.3) is 0 Å². The van der Waals surface area contributed by atoms with Crippen LogP contribution in [0.15, 0.2) is 4.99 Å². The van der Waals surface area contributed by atoms with Crippen LogP contribution in [0.2, 0.25) is 0 Å². The Morgan fingerprint density at radius 1 is 1.00 bits per heavy atom. The van der Waals surface area contributed by atoms with Gasteiger partial charge in [0.15, 0.2) is 5.96 Å². The Morgan fingerprint density at radius 2 is 1.42 bits per heavy atom. The lowest BCUT2D eigenvalue weighted by molar-refractivity contribution is -0.139. The van der Waals surface area contributed by atoms with Crippen molar-refractivity contribution in [2.24, 2.45) is 33.7 Å². The maximum absolute atomic E-state index is 10.2. The van der Waals surface area contributed by atoms with Crippen molar-refractivity contribution in [1.82, 2.24) is 0 Å². The number of thioether (sulfide) groups is 1. The molecule has 13 N–H and O–H groups in total. The number of aliphatic imine (C=N–C) groups is 1. The van der Waals surface area contributed by atoms with Crippen molar-refractivity contribution in [3.05, 3.63) is 0 Å². The lowest BCUT2D eigenvalue weighted by Crippen LogP contribution is -2.30. The molecule has 0 spiro atoms. The summed E-state index contributed by atoms with van der Waals surface area (Å²) in [4.78, 5) is 33.2. The fourth-order valence-electron chi connectivity index (χ4n) is 1.01. The Hall–Kier alpha value is -2.09. The second kappa shape index (κ2) is 19.2. The van der Waals surface area contributed by atoms with Crippen LogP contribution in [0.5, 0.6) is 0 Å². The molecule has 0 amide bonds. The van der Waals surface area contributed by atoms with E-state index in [1.807, 2.05) is 6.26 Å². The van der Waals surface area contributed by atoms with Gasteiger partial charge in [0.25, 0.3) is 0 Å². The van der Waals surface area contributed by atoms with Crippen LogP contribution >= 0.6 is 11.8 Å². The highest BCUT2D eigenvalue weighted by atomic mass is 32.2. The third kappa shape index (κ3) is 26.8. The molecule has 0 aromatic carbocycles. The van der Waals surface area contributed by atoms with Crippen LogP contribution in [-0.2, 0) is 14.4 Å². The summed E-state index contributed by atoms with van der Waals surface area (Å²) in [5, 5.41) is 24.3. The van der Waals surface area contributed by atoms with Gasteiger partial charge >= 0.3 is 17.9 Å². The Bertz CT molecular complexity index is 433. The van der Waals surface area contributed by atoms with Crippen molar-refractivity contribution < 1.29 is 29.7 Å². The predicted molar refractivity (Wildman–Crippen MR) is 101 cm³/mol. The highest BCUT2D eigenvalue weighted by Crippen LogP contribution is 1.97. The molecular formula is C13H30N6O6S. The molecule has 26 heavy (non-hydrogen) atoms. The highest BCUT2D eigenvalue weighted by molar-refractivity contribution is 7.98. The Morgan fingerprint density at radius 3 is 1.73 bits per heavy atom. The summed E-state index contributed by atoms with van der Waals surface area (Å²) < 4.78 is 0. The molecule has 0 aliphatic heterocycles. The number of carboxylic acid groups (broad SMARTS) is 3. The zero-order valence-corrected chi connectivity index (χ0v) is 15.5. The lowest BCUT2D eigenvalue weighted by Gasteiger charge is -2.03. The Balaban J connectivity index is -0.000000333. The number of hydrogen-bond donors (Lipinski definition) is 8. The summed E-state index contributed by atoms with van der Waals surface area (Å²) >= 11 is 1.60. The van der Waals surface area contributed by atoms with E-state index < -0.39 is 30.0 Å². The monoisotopic (exact) mass is 398 g/mol. The van der Waals surface area contributed by atoms with Crippen LogP contribution < -0.4 is 28.7 Å². The van der Waals surface area contributed by atoms with Gasteiger partial charge in [0.1, 0.15) is 12.1 Å². The molecule has 0 saturated carbocycles. The van der Waals surface area contributed by atoms with Crippen LogP contribution in [0.1, 0.15) is 19.3 Å². The maximum Gasteiger partial charge on any atom is 0.320 e. The third-order valence-corrected chi connectivity index (χ3v) is 3.05. The number of rotatable bonds is 10. The van der Waals surface area contributed by atoms with Crippen molar-refractivity contribution in [2.75, 3.05) is 25.1 Å². The standard InChI is InChI=1S/C6H14N4O2.C5H11NO2S.C2H5NO2/c7-4(5(11)12)2-1-3-10-6(8)9;1-9-3-2-4(6)5(7)8;3-1-2(4)5/h4H,1-3,7H2,(H,11,12)(H4,8,9,10);4H,2-3,6H2,1H3,(H,7,8);1,3H2,(H,4,5)/t2*4-;/m00./s1. The fourth-order valence-corrected chi connectivity index (χ4v) is 1.50. The predicted octanol–water partition coefficient (Wildman–Crippen LogP) is -2.37. The van der Waals surface area contributed by atoms with Gasteiger partial charge in [0, 0.05) is 6.54 Å². The summed E-state index contributed by atoms with van der Waals surface area (Å²) in [6.07, 6.45) is 3.43. The molecule has 0 radical (unpaired) electrons. The number of aliphatic carboxylic acids is 3. The summed E-state index contributed by atoms with van der Waals surface area (Å²) in [6, 6.07) is -1.50. The quantitative estimate of drug-likeness (QED) is 0.109. The highest BCUT2D eigenvalue weighted by Gasteiger charge is 2.09. The number of nitrogens with zero attached hydrogens (tertiary/aromatic N) is 1. The first kappa shape index (κ1) is 28.7. The molecule has 0 unspecified atom stereocenters. The lowest BCUT2D eigenvalue weighted by atomic mass is 10.2. The largest absolute Gasteiger partial charge is 0.480 e. The van der Waals surface area contributed by atoms with Crippen LogP contribution in [0.3, 0.4) is 0 Å². The zero-order chi connectivity index (χ0) is 21.1. The van der Waals surface area contributed by atoms with E-state index in [0.717, 1.165) is 5.75 Å². The average molecular weight is 398 g/mol. The maximum atomic E-state index is 10.2. The summed E-state index contributed by atoms with van der Waals surface area (Å²) in [5.74, 6) is -2.05. The molecule has 0 rings (SSSR count). The summed E-state index contributed by atoms with van der Waals surface area (Å²) in [6.45, 7) is 0.142. The van der Waals surface area contributed by atoms with Crippen LogP contribution in [0, 0.1) is 0 Å². The molecule has 0 aliphatic rings. The molecule has 12 nitrogen and oxygen atoms in total. The molecule has 0 bridgehead atoms. The molecule has 0 aliphatic carbocycles. The van der Waals surface area contributed by atoms with Gasteiger partial charge in [-0.15, -0.1) is 0 Å². The average Bonchev–Trinajstić information content (AvgIpc) is 2.56. The van der Waals surface area contributed by atoms with Gasteiger partial charge in [-0.3, -0.25) is 19.4 Å². The minimum Gasteiger partial charge on any atom is -0.480 e. The van der Waals surface area contributed by atoms with E-state index in [9.17, 15) is 14.4 Å². The second-order valence-electron chi connectivity index (χ2n) is 4.72. The van der Waals surface area contributed by atoms with E-state index >= 15 is 0 Å². The Kier molecular flexibility index (Phi) is 21.2. The van der Waals surface area contributed by atoms with E-state index in [2.05, 4.69) is 10.7 Å². The Labute approximate surface area is 156 Å². The number of hydrogen-bond acceptors (Lipinski definition) is 8. The van der Waals surface area contributed by atoms with Gasteiger partial charge < -0.3 is 44.0 Å². The van der Waals surface area contributed by atoms with E-state index in [0.29, 0.717) is 25.8 Å².